The molecule has 0 atom stereocenters. The van der Waals surface area contributed by atoms with Crippen LogP contribution in [0, 0.1) is 11.3 Å². The first-order valence-electron chi connectivity index (χ1n) is 7.43. The number of ether oxygens (including phenoxy) is 1. The molecule has 20 heavy (non-hydrogen) atoms. The molecule has 6 heteroatoms. The van der Waals surface area contributed by atoms with Gasteiger partial charge in [0.05, 0.1) is 32.2 Å². The molecule has 0 aromatic heterocycles. The Hall–Kier alpha value is -1.16. The van der Waals surface area contributed by atoms with Gasteiger partial charge >= 0.3 is 0 Å². The van der Waals surface area contributed by atoms with E-state index in [1.165, 1.54) is 0 Å². The minimum absolute atomic E-state index is 0.0851. The molecule has 0 aromatic carbocycles. The highest BCUT2D eigenvalue weighted by molar-refractivity contribution is 5.78. The average molecular weight is 282 g/mol. The summed E-state index contributed by atoms with van der Waals surface area (Å²) in [6.07, 6.45) is 1.40. The monoisotopic (exact) mass is 282 g/mol. The number of carbonyl (C=O) groups excluding carboxylic acids is 1. The topological polar surface area (TPSA) is 68.6 Å². The predicted octanol–water partition coefficient (Wildman–Crippen LogP) is 0.0605. The van der Waals surface area contributed by atoms with Gasteiger partial charge in [0.2, 0.25) is 5.91 Å². The van der Waals surface area contributed by atoms with Gasteiger partial charge in [-0.1, -0.05) is 6.92 Å². The lowest BCUT2D eigenvalue weighted by molar-refractivity contribution is -0.130. The fraction of sp³-hybridized carbons (Fsp3) is 0.857. The van der Waals surface area contributed by atoms with Gasteiger partial charge in [0.1, 0.15) is 0 Å². The van der Waals surface area contributed by atoms with Crippen molar-refractivity contribution < 1.29 is 9.53 Å². The average Bonchev–Trinajstić information content (AvgIpc) is 2.48. The van der Waals surface area contributed by atoms with Crippen LogP contribution in [0.15, 0.2) is 0 Å². The lowest BCUT2D eigenvalue weighted by atomic mass is 10.3. The Morgan fingerprint density at radius 3 is 2.80 bits per heavy atom. The Kier molecular flexibility index (Phi) is 8.96. The predicted molar refractivity (Wildman–Crippen MR) is 77.2 cm³/mol. The van der Waals surface area contributed by atoms with E-state index in [4.69, 9.17) is 10.00 Å². The highest BCUT2D eigenvalue weighted by atomic mass is 16.5. The minimum atomic E-state index is 0.0851. The van der Waals surface area contributed by atoms with Crippen molar-refractivity contribution in [2.75, 3.05) is 59.0 Å². The number of nitrogens with one attached hydrogen (secondary N) is 1. The van der Waals surface area contributed by atoms with E-state index in [1.807, 2.05) is 0 Å². The third kappa shape index (κ3) is 6.85. The maximum atomic E-state index is 12.1. The van der Waals surface area contributed by atoms with Gasteiger partial charge in [0.15, 0.2) is 0 Å². The van der Waals surface area contributed by atoms with Crippen LogP contribution in [0.3, 0.4) is 0 Å². The molecule has 1 aliphatic heterocycles. The number of amides is 1. The summed E-state index contributed by atoms with van der Waals surface area (Å²) >= 11 is 0. The van der Waals surface area contributed by atoms with Crippen molar-refractivity contribution in [1.29, 1.82) is 5.26 Å². The summed E-state index contributed by atoms with van der Waals surface area (Å²) in [5.74, 6) is 0.0851. The van der Waals surface area contributed by atoms with Crippen LogP contribution in [0.1, 0.15) is 19.8 Å². The summed E-state index contributed by atoms with van der Waals surface area (Å²) in [5.41, 5.74) is 0. The molecule has 1 fully saturated rings. The van der Waals surface area contributed by atoms with Crippen molar-refractivity contribution in [2.45, 2.75) is 19.8 Å². The van der Waals surface area contributed by atoms with E-state index < -0.39 is 0 Å². The van der Waals surface area contributed by atoms with E-state index in [1.54, 1.807) is 4.90 Å². The molecule has 0 aromatic rings. The molecule has 114 valence electrons. The molecule has 1 heterocycles. The van der Waals surface area contributed by atoms with Gasteiger partial charge in [-0.3, -0.25) is 9.69 Å². The summed E-state index contributed by atoms with van der Waals surface area (Å²) in [6.45, 7) is 8.74. The van der Waals surface area contributed by atoms with E-state index in [0.29, 0.717) is 26.1 Å². The SMILES string of the molecule is CCCNCC(=O)N(CCC#N)CCN1CCOCC1. The molecule has 0 bridgehead atoms. The van der Waals surface area contributed by atoms with Gasteiger partial charge in [0, 0.05) is 32.7 Å². The van der Waals surface area contributed by atoms with E-state index >= 15 is 0 Å². The smallest absolute Gasteiger partial charge is 0.236 e. The van der Waals surface area contributed by atoms with Crippen LogP contribution in [0.5, 0.6) is 0 Å². The van der Waals surface area contributed by atoms with Crippen molar-refractivity contribution in [2.24, 2.45) is 0 Å². The fourth-order valence-electron chi connectivity index (χ4n) is 2.12. The van der Waals surface area contributed by atoms with E-state index in [2.05, 4.69) is 23.2 Å². The second-order valence-electron chi connectivity index (χ2n) is 4.92. The lowest BCUT2D eigenvalue weighted by Crippen LogP contribution is -2.45. The van der Waals surface area contributed by atoms with Gasteiger partial charge in [-0.05, 0) is 13.0 Å². The number of rotatable bonds is 9. The Balaban J connectivity index is 2.33. The maximum absolute atomic E-state index is 12.1. The van der Waals surface area contributed by atoms with Crippen LogP contribution < -0.4 is 5.32 Å². The summed E-state index contributed by atoms with van der Waals surface area (Å²) in [5, 5.41) is 11.8. The quantitative estimate of drug-likeness (QED) is 0.606. The molecular formula is C14H26N4O2. The first-order valence-corrected chi connectivity index (χ1v) is 7.43. The van der Waals surface area contributed by atoms with Gasteiger partial charge in [-0.25, -0.2) is 0 Å². The Morgan fingerprint density at radius 2 is 2.15 bits per heavy atom. The van der Waals surface area contributed by atoms with Crippen LogP contribution >= 0.6 is 0 Å². The summed E-state index contributed by atoms with van der Waals surface area (Å²) < 4.78 is 5.31. The third-order valence-corrected chi connectivity index (χ3v) is 3.34. The molecule has 0 radical (unpaired) electrons. The highest BCUT2D eigenvalue weighted by Crippen LogP contribution is 1.99. The molecule has 0 spiro atoms. The van der Waals surface area contributed by atoms with Crippen molar-refractivity contribution in [3.63, 3.8) is 0 Å². The second-order valence-corrected chi connectivity index (χ2v) is 4.92. The van der Waals surface area contributed by atoms with Crippen LogP contribution in [0.2, 0.25) is 0 Å². The fourth-order valence-corrected chi connectivity index (χ4v) is 2.12. The van der Waals surface area contributed by atoms with E-state index in [9.17, 15) is 4.79 Å². The second kappa shape index (κ2) is 10.6. The van der Waals surface area contributed by atoms with Crippen LogP contribution in [-0.2, 0) is 9.53 Å². The largest absolute Gasteiger partial charge is 0.379 e. The highest BCUT2D eigenvalue weighted by Gasteiger charge is 2.16. The van der Waals surface area contributed by atoms with E-state index in [0.717, 1.165) is 45.8 Å². The zero-order chi connectivity index (χ0) is 14.6. The Labute approximate surface area is 121 Å². The normalized spacial score (nSPS) is 15.8. The minimum Gasteiger partial charge on any atom is -0.379 e. The molecule has 1 aliphatic rings. The molecular weight excluding hydrogens is 256 g/mol. The third-order valence-electron chi connectivity index (χ3n) is 3.34. The van der Waals surface area contributed by atoms with Crippen LogP contribution in [0.4, 0.5) is 0 Å². The number of hydrogen-bond donors (Lipinski definition) is 1. The number of nitriles is 1. The van der Waals surface area contributed by atoms with Crippen molar-refractivity contribution in [1.82, 2.24) is 15.1 Å². The van der Waals surface area contributed by atoms with Gasteiger partial charge in [-0.2, -0.15) is 5.26 Å². The molecule has 1 N–H and O–H groups in total. The van der Waals surface area contributed by atoms with Crippen molar-refractivity contribution >= 4 is 5.91 Å². The molecule has 1 amide bonds. The first-order chi connectivity index (χ1) is 9.77. The van der Waals surface area contributed by atoms with Gasteiger partial charge < -0.3 is 15.0 Å². The summed E-state index contributed by atoms with van der Waals surface area (Å²) in [6, 6.07) is 2.11. The molecule has 0 aliphatic carbocycles. The van der Waals surface area contributed by atoms with Crippen LogP contribution in [-0.4, -0.2) is 74.7 Å². The Morgan fingerprint density at radius 1 is 1.40 bits per heavy atom. The number of carbonyl (C=O) groups is 1. The molecule has 0 unspecified atom stereocenters. The maximum Gasteiger partial charge on any atom is 0.236 e. The lowest BCUT2D eigenvalue weighted by Gasteiger charge is -2.30. The van der Waals surface area contributed by atoms with Crippen molar-refractivity contribution in [3.05, 3.63) is 0 Å². The molecule has 1 rings (SSSR count). The van der Waals surface area contributed by atoms with Gasteiger partial charge in [-0.15, -0.1) is 0 Å². The zero-order valence-electron chi connectivity index (χ0n) is 12.4. The first kappa shape index (κ1) is 16.9. The standard InChI is InChI=1S/C14H26N4O2/c1-2-5-16-13-14(19)18(6-3-4-15)8-7-17-9-11-20-12-10-17/h16H,2-3,5-13H2,1H3. The Bertz CT molecular complexity index is 311. The summed E-state index contributed by atoms with van der Waals surface area (Å²) in [7, 11) is 0. The molecule has 0 saturated carbocycles. The summed E-state index contributed by atoms with van der Waals surface area (Å²) in [4.78, 5) is 16.2. The molecule has 1 saturated heterocycles. The zero-order valence-corrected chi connectivity index (χ0v) is 12.4. The number of nitrogens with zero attached hydrogens (tertiary/aromatic N) is 3. The number of morpholine rings is 1. The van der Waals surface area contributed by atoms with Gasteiger partial charge in [0.25, 0.3) is 0 Å². The van der Waals surface area contributed by atoms with Crippen molar-refractivity contribution in [3.8, 4) is 6.07 Å². The molecule has 6 nitrogen and oxygen atoms in total. The number of hydrogen-bond acceptors (Lipinski definition) is 5. The van der Waals surface area contributed by atoms with Crippen LogP contribution in [0.25, 0.3) is 0 Å². The van der Waals surface area contributed by atoms with E-state index in [-0.39, 0.29) is 5.91 Å².